The molecule has 0 spiro atoms. The summed E-state index contributed by atoms with van der Waals surface area (Å²) in [6, 6.07) is 6.11. The van der Waals surface area contributed by atoms with Crippen molar-refractivity contribution in [3.63, 3.8) is 0 Å². The Bertz CT molecular complexity index is 492. The summed E-state index contributed by atoms with van der Waals surface area (Å²) in [6.45, 7) is 5.73. The minimum atomic E-state index is -0.630. The van der Waals surface area contributed by atoms with Gasteiger partial charge in [0.25, 0.3) is 0 Å². The molecule has 1 N–H and O–H groups in total. The summed E-state index contributed by atoms with van der Waals surface area (Å²) >= 11 is 0. The third-order valence-electron chi connectivity index (χ3n) is 3.84. The second kappa shape index (κ2) is 4.12. The van der Waals surface area contributed by atoms with E-state index in [4.69, 9.17) is 0 Å². The quantitative estimate of drug-likeness (QED) is 0.816. The van der Waals surface area contributed by atoms with Crippen LogP contribution in [0, 0.1) is 11.3 Å². The summed E-state index contributed by atoms with van der Waals surface area (Å²) in [5.74, 6) is -0.115. The molecule has 96 valence electrons. The van der Waals surface area contributed by atoms with Crippen LogP contribution in [0.25, 0.3) is 0 Å². The van der Waals surface area contributed by atoms with Crippen molar-refractivity contribution < 1.29 is 14.7 Å². The van der Waals surface area contributed by atoms with Gasteiger partial charge in [-0.2, -0.15) is 0 Å². The van der Waals surface area contributed by atoms with Gasteiger partial charge >= 0.3 is 0 Å². The summed E-state index contributed by atoms with van der Waals surface area (Å²) < 4.78 is 0. The Labute approximate surface area is 106 Å². The van der Waals surface area contributed by atoms with Crippen LogP contribution in [0.15, 0.2) is 24.3 Å². The lowest BCUT2D eigenvalue weighted by molar-refractivity contribution is -0.126. The lowest BCUT2D eigenvalue weighted by Gasteiger charge is -2.26. The fourth-order valence-electron chi connectivity index (χ4n) is 2.15. The first-order chi connectivity index (χ1) is 8.36. The molecule has 1 atom stereocenters. The molecule has 1 aliphatic rings. The van der Waals surface area contributed by atoms with Gasteiger partial charge in [-0.25, -0.2) is 0 Å². The van der Waals surface area contributed by atoms with Crippen LogP contribution in [-0.2, 0) is 9.59 Å². The van der Waals surface area contributed by atoms with E-state index in [-0.39, 0.29) is 29.9 Å². The lowest BCUT2D eigenvalue weighted by atomic mass is 9.78. The number of amides is 2. The van der Waals surface area contributed by atoms with Gasteiger partial charge in [0.1, 0.15) is 5.75 Å². The molecule has 0 bridgehead atoms. The maximum absolute atomic E-state index is 12.4. The molecule has 2 amide bonds. The monoisotopic (exact) mass is 247 g/mol. The van der Waals surface area contributed by atoms with Crippen LogP contribution in [0.1, 0.15) is 27.2 Å². The number of carbonyl (C=O) groups excluding carboxylic acids is 2. The molecule has 1 unspecified atom stereocenters. The molecule has 1 saturated heterocycles. The van der Waals surface area contributed by atoms with Gasteiger partial charge in [0.05, 0.1) is 11.1 Å². The van der Waals surface area contributed by atoms with Gasteiger partial charge in [0.2, 0.25) is 11.8 Å². The van der Waals surface area contributed by atoms with Crippen molar-refractivity contribution >= 4 is 17.5 Å². The molecule has 18 heavy (non-hydrogen) atoms. The predicted octanol–water partition coefficient (Wildman–Crippen LogP) is 2.32. The molecule has 0 radical (unpaired) electrons. The zero-order valence-electron chi connectivity index (χ0n) is 10.8. The van der Waals surface area contributed by atoms with Crippen molar-refractivity contribution in [2.45, 2.75) is 27.2 Å². The fourth-order valence-corrected chi connectivity index (χ4v) is 2.15. The van der Waals surface area contributed by atoms with E-state index in [1.807, 2.05) is 20.8 Å². The molecule has 1 fully saturated rings. The molecule has 2 rings (SSSR count). The number of carbonyl (C=O) groups is 2. The van der Waals surface area contributed by atoms with Gasteiger partial charge in [0.15, 0.2) is 0 Å². The number of phenols is 1. The van der Waals surface area contributed by atoms with Crippen LogP contribution >= 0.6 is 0 Å². The highest BCUT2D eigenvalue weighted by Gasteiger charge is 2.50. The average Bonchev–Trinajstić information content (AvgIpc) is 2.53. The number of benzene rings is 1. The van der Waals surface area contributed by atoms with E-state index in [0.717, 1.165) is 0 Å². The van der Waals surface area contributed by atoms with Crippen LogP contribution in [0.2, 0.25) is 0 Å². The number of nitrogens with zero attached hydrogens (tertiary/aromatic N) is 1. The smallest absolute Gasteiger partial charge is 0.240 e. The molecular formula is C14H17NO3. The fraction of sp³-hybridized carbons (Fsp3) is 0.429. The molecule has 4 heteroatoms. The summed E-state index contributed by atoms with van der Waals surface area (Å²) in [5, 5.41) is 9.23. The topological polar surface area (TPSA) is 57.6 Å². The Morgan fingerprint density at radius 3 is 2.22 bits per heavy atom. The third-order valence-corrected chi connectivity index (χ3v) is 3.84. The van der Waals surface area contributed by atoms with E-state index in [1.165, 1.54) is 17.0 Å². The number of phenolic OH excluding ortho intramolecular Hbond substituents is 1. The second-order valence-electron chi connectivity index (χ2n) is 5.30. The normalized spacial score (nSPS) is 24.1. The Hall–Kier alpha value is -1.84. The Kier molecular flexibility index (Phi) is 2.89. The molecule has 1 aliphatic heterocycles. The predicted molar refractivity (Wildman–Crippen MR) is 68.2 cm³/mol. The van der Waals surface area contributed by atoms with Gasteiger partial charge < -0.3 is 5.11 Å². The molecule has 0 saturated carbocycles. The molecule has 1 aromatic rings. The van der Waals surface area contributed by atoms with Gasteiger partial charge in [-0.15, -0.1) is 0 Å². The SMILES string of the molecule is CC(C)C1(C)CC(=O)N(c2ccc(O)cc2)C1=O. The minimum Gasteiger partial charge on any atom is -0.508 e. The van der Waals surface area contributed by atoms with Crippen LogP contribution < -0.4 is 4.90 Å². The number of rotatable bonds is 2. The first-order valence-corrected chi connectivity index (χ1v) is 6.02. The highest BCUT2D eigenvalue weighted by Crippen LogP contribution is 2.41. The van der Waals surface area contributed by atoms with Crippen LogP contribution in [-0.4, -0.2) is 16.9 Å². The van der Waals surface area contributed by atoms with Crippen LogP contribution in [0.4, 0.5) is 5.69 Å². The van der Waals surface area contributed by atoms with E-state index in [9.17, 15) is 14.7 Å². The van der Waals surface area contributed by atoms with Crippen molar-refractivity contribution in [3.05, 3.63) is 24.3 Å². The number of hydrogen-bond acceptors (Lipinski definition) is 3. The highest BCUT2D eigenvalue weighted by molar-refractivity contribution is 6.22. The highest BCUT2D eigenvalue weighted by atomic mass is 16.3. The maximum Gasteiger partial charge on any atom is 0.240 e. The van der Waals surface area contributed by atoms with Crippen molar-refractivity contribution in [2.24, 2.45) is 11.3 Å². The molecule has 1 heterocycles. The van der Waals surface area contributed by atoms with Crippen LogP contribution in [0.3, 0.4) is 0 Å². The summed E-state index contributed by atoms with van der Waals surface area (Å²) in [4.78, 5) is 25.7. The summed E-state index contributed by atoms with van der Waals surface area (Å²) in [6.07, 6.45) is 0.240. The van der Waals surface area contributed by atoms with Crippen molar-refractivity contribution in [1.29, 1.82) is 0 Å². The standard InChI is InChI=1S/C14H17NO3/c1-9(2)14(3)8-12(17)15(13(14)18)10-4-6-11(16)7-5-10/h4-7,9,16H,8H2,1-3H3. The van der Waals surface area contributed by atoms with Crippen molar-refractivity contribution in [1.82, 2.24) is 0 Å². The van der Waals surface area contributed by atoms with Gasteiger partial charge in [-0.1, -0.05) is 13.8 Å². The molecular weight excluding hydrogens is 230 g/mol. The number of anilines is 1. The zero-order valence-corrected chi connectivity index (χ0v) is 10.8. The van der Waals surface area contributed by atoms with Gasteiger partial charge in [0, 0.05) is 6.42 Å². The third kappa shape index (κ3) is 1.78. The van der Waals surface area contributed by atoms with E-state index < -0.39 is 5.41 Å². The zero-order chi connectivity index (χ0) is 13.5. The largest absolute Gasteiger partial charge is 0.508 e. The summed E-state index contributed by atoms with van der Waals surface area (Å²) in [7, 11) is 0. The van der Waals surface area contributed by atoms with E-state index in [0.29, 0.717) is 5.69 Å². The first kappa shape index (κ1) is 12.6. The molecule has 0 aliphatic carbocycles. The number of aromatic hydroxyl groups is 1. The molecule has 0 aromatic heterocycles. The van der Waals surface area contributed by atoms with Crippen LogP contribution in [0.5, 0.6) is 5.75 Å². The second-order valence-corrected chi connectivity index (χ2v) is 5.30. The molecule has 4 nitrogen and oxygen atoms in total. The Balaban J connectivity index is 2.38. The van der Waals surface area contributed by atoms with E-state index in [1.54, 1.807) is 12.1 Å². The van der Waals surface area contributed by atoms with Crippen molar-refractivity contribution in [3.8, 4) is 5.75 Å². The molecule has 1 aromatic carbocycles. The van der Waals surface area contributed by atoms with E-state index in [2.05, 4.69) is 0 Å². The van der Waals surface area contributed by atoms with Crippen molar-refractivity contribution in [2.75, 3.05) is 4.90 Å². The van der Waals surface area contributed by atoms with E-state index >= 15 is 0 Å². The lowest BCUT2D eigenvalue weighted by Crippen LogP contribution is -2.36. The first-order valence-electron chi connectivity index (χ1n) is 6.02. The Morgan fingerprint density at radius 2 is 1.78 bits per heavy atom. The number of hydrogen-bond donors (Lipinski definition) is 1. The Morgan fingerprint density at radius 1 is 1.22 bits per heavy atom. The number of imide groups is 1. The maximum atomic E-state index is 12.4. The van der Waals surface area contributed by atoms with Gasteiger partial charge in [-0.05, 0) is 37.1 Å². The average molecular weight is 247 g/mol. The minimum absolute atomic E-state index is 0.107. The van der Waals surface area contributed by atoms with Gasteiger partial charge in [-0.3, -0.25) is 14.5 Å². The summed E-state index contributed by atoms with van der Waals surface area (Å²) in [5.41, 5.74) is -0.109.